The molecule has 1 atom stereocenters. The Morgan fingerprint density at radius 1 is 1.05 bits per heavy atom. The predicted molar refractivity (Wildman–Crippen MR) is 82.7 cm³/mol. The van der Waals surface area contributed by atoms with E-state index in [4.69, 9.17) is 0 Å². The van der Waals surface area contributed by atoms with Gasteiger partial charge in [0.25, 0.3) is 0 Å². The lowest BCUT2D eigenvalue weighted by Crippen LogP contribution is -2.63. The maximum absolute atomic E-state index is 12.4. The molecule has 0 radical (unpaired) electrons. The third kappa shape index (κ3) is 4.45. The van der Waals surface area contributed by atoms with E-state index in [-0.39, 0.29) is 29.1 Å². The van der Waals surface area contributed by atoms with Crippen LogP contribution in [-0.2, 0) is 4.79 Å². The highest BCUT2D eigenvalue weighted by Crippen LogP contribution is 2.28. The number of hydrogen-bond donors (Lipinski definition) is 3. The van der Waals surface area contributed by atoms with E-state index < -0.39 is 0 Å². The van der Waals surface area contributed by atoms with Gasteiger partial charge in [0.05, 0.1) is 6.04 Å². The van der Waals surface area contributed by atoms with E-state index in [1.165, 1.54) is 12.8 Å². The van der Waals surface area contributed by atoms with Crippen LogP contribution in [0.5, 0.6) is 0 Å². The number of rotatable bonds is 2. The minimum atomic E-state index is 0.0126. The molecule has 4 heteroatoms. The fourth-order valence-corrected chi connectivity index (χ4v) is 3.98. The molecule has 0 bridgehead atoms. The van der Waals surface area contributed by atoms with Crippen molar-refractivity contribution in [2.45, 2.75) is 89.4 Å². The minimum Gasteiger partial charge on any atom is -0.352 e. The second kappa shape index (κ2) is 6.02. The van der Waals surface area contributed by atoms with Crippen LogP contribution in [0.1, 0.15) is 66.2 Å². The summed E-state index contributed by atoms with van der Waals surface area (Å²) in [5.74, 6) is 0.199. The van der Waals surface area contributed by atoms with Gasteiger partial charge in [0, 0.05) is 17.1 Å². The average Bonchev–Trinajstić information content (AvgIpc) is 2.52. The van der Waals surface area contributed by atoms with Crippen LogP contribution in [0.3, 0.4) is 0 Å². The van der Waals surface area contributed by atoms with Crippen molar-refractivity contribution in [1.82, 2.24) is 16.0 Å². The monoisotopic (exact) mass is 281 g/mol. The number of carbonyl (C=O) groups is 1. The average molecular weight is 281 g/mol. The molecule has 20 heavy (non-hydrogen) atoms. The van der Waals surface area contributed by atoms with Crippen molar-refractivity contribution >= 4 is 5.91 Å². The summed E-state index contributed by atoms with van der Waals surface area (Å²) in [4.78, 5) is 12.4. The van der Waals surface area contributed by atoms with E-state index in [0.29, 0.717) is 0 Å². The molecule has 2 aliphatic heterocycles. The summed E-state index contributed by atoms with van der Waals surface area (Å²) in [6.07, 6.45) is 6.56. The van der Waals surface area contributed by atoms with Gasteiger partial charge in [-0.2, -0.15) is 0 Å². The van der Waals surface area contributed by atoms with Crippen molar-refractivity contribution in [3.05, 3.63) is 0 Å². The van der Waals surface area contributed by atoms with Crippen LogP contribution in [0, 0.1) is 0 Å². The fraction of sp³-hybridized carbons (Fsp3) is 0.938. The Morgan fingerprint density at radius 2 is 1.70 bits per heavy atom. The van der Waals surface area contributed by atoms with E-state index in [9.17, 15) is 4.79 Å². The van der Waals surface area contributed by atoms with Crippen molar-refractivity contribution in [2.75, 3.05) is 6.54 Å². The summed E-state index contributed by atoms with van der Waals surface area (Å²) in [6, 6.07) is 0.289. The lowest BCUT2D eigenvalue weighted by Gasteiger charge is -2.46. The Balaban J connectivity index is 1.92. The minimum absolute atomic E-state index is 0.0126. The Bertz CT molecular complexity index is 328. The molecule has 0 aliphatic carbocycles. The molecule has 0 aromatic carbocycles. The normalized spacial score (nSPS) is 30.5. The highest BCUT2D eigenvalue weighted by atomic mass is 16.2. The number of hydrogen-bond acceptors (Lipinski definition) is 3. The molecule has 2 rings (SSSR count). The van der Waals surface area contributed by atoms with E-state index in [1.54, 1.807) is 0 Å². The van der Waals surface area contributed by atoms with E-state index in [1.807, 2.05) is 0 Å². The largest absolute Gasteiger partial charge is 0.352 e. The molecule has 0 spiro atoms. The molecule has 0 aromatic heterocycles. The molecule has 2 aliphatic rings. The summed E-state index contributed by atoms with van der Waals surface area (Å²) < 4.78 is 0. The van der Waals surface area contributed by atoms with Gasteiger partial charge in [-0.1, -0.05) is 12.8 Å². The van der Waals surface area contributed by atoms with Crippen LogP contribution in [0.25, 0.3) is 0 Å². The zero-order valence-electron chi connectivity index (χ0n) is 13.5. The second-order valence-corrected chi connectivity index (χ2v) is 7.86. The summed E-state index contributed by atoms with van der Waals surface area (Å²) in [6.45, 7) is 9.85. The van der Waals surface area contributed by atoms with Gasteiger partial charge in [0.15, 0.2) is 0 Å². The van der Waals surface area contributed by atoms with E-state index in [2.05, 4.69) is 43.6 Å². The highest BCUT2D eigenvalue weighted by molar-refractivity contribution is 5.82. The molecular weight excluding hydrogens is 250 g/mol. The topological polar surface area (TPSA) is 53.2 Å². The molecule has 1 amide bonds. The van der Waals surface area contributed by atoms with Gasteiger partial charge >= 0.3 is 0 Å². The second-order valence-electron chi connectivity index (χ2n) is 7.86. The first-order valence-electron chi connectivity index (χ1n) is 8.11. The van der Waals surface area contributed by atoms with Crippen LogP contribution in [0.15, 0.2) is 0 Å². The van der Waals surface area contributed by atoms with Crippen molar-refractivity contribution in [2.24, 2.45) is 0 Å². The van der Waals surface area contributed by atoms with Gasteiger partial charge in [-0.15, -0.1) is 0 Å². The summed E-state index contributed by atoms with van der Waals surface area (Å²) in [5.41, 5.74) is 0.160. The van der Waals surface area contributed by atoms with Crippen molar-refractivity contribution < 1.29 is 4.79 Å². The van der Waals surface area contributed by atoms with Gasteiger partial charge in [-0.25, -0.2) is 0 Å². The molecule has 3 N–H and O–H groups in total. The maximum Gasteiger partial charge on any atom is 0.237 e. The number of nitrogens with one attached hydrogen (secondary N) is 3. The van der Waals surface area contributed by atoms with Crippen LogP contribution in [0.4, 0.5) is 0 Å². The standard InChI is InChI=1S/C16H31N3O/c1-15(2)10-12(11-16(3,4)19-15)18-14(20)13-8-6-5-7-9-17-13/h12-13,17,19H,5-11H2,1-4H3,(H,18,20). The van der Waals surface area contributed by atoms with Gasteiger partial charge < -0.3 is 16.0 Å². The van der Waals surface area contributed by atoms with E-state index in [0.717, 1.165) is 32.2 Å². The number of amides is 1. The molecule has 4 nitrogen and oxygen atoms in total. The lowest BCUT2D eigenvalue weighted by atomic mass is 9.79. The zero-order valence-corrected chi connectivity index (χ0v) is 13.5. The first-order chi connectivity index (χ1) is 9.27. The Labute approximate surface area is 123 Å². The van der Waals surface area contributed by atoms with E-state index >= 15 is 0 Å². The molecule has 116 valence electrons. The Hall–Kier alpha value is -0.610. The highest BCUT2D eigenvalue weighted by Gasteiger charge is 2.38. The number of carbonyl (C=O) groups excluding carboxylic acids is 1. The maximum atomic E-state index is 12.4. The molecule has 1 unspecified atom stereocenters. The van der Waals surface area contributed by atoms with Gasteiger partial charge in [0.2, 0.25) is 5.91 Å². The molecule has 2 heterocycles. The summed E-state index contributed by atoms with van der Waals surface area (Å²) in [5, 5.41) is 10.3. The number of piperidine rings is 1. The fourth-order valence-electron chi connectivity index (χ4n) is 3.98. The molecular formula is C16H31N3O. The summed E-state index contributed by atoms with van der Waals surface area (Å²) in [7, 11) is 0. The SMILES string of the molecule is CC1(C)CC(NC(=O)C2CCCCCN2)CC(C)(C)N1. The lowest BCUT2D eigenvalue weighted by molar-refractivity contribution is -0.124. The van der Waals surface area contributed by atoms with Crippen LogP contribution in [0.2, 0.25) is 0 Å². The molecule has 0 aromatic rings. The van der Waals surface area contributed by atoms with Gasteiger partial charge in [-0.05, 0) is 59.9 Å². The van der Waals surface area contributed by atoms with Crippen molar-refractivity contribution in [3.63, 3.8) is 0 Å². The molecule has 2 fully saturated rings. The van der Waals surface area contributed by atoms with Crippen molar-refractivity contribution in [3.8, 4) is 0 Å². The molecule has 0 saturated carbocycles. The Kier molecular flexibility index (Phi) is 4.75. The van der Waals surface area contributed by atoms with Crippen LogP contribution < -0.4 is 16.0 Å². The zero-order chi connectivity index (χ0) is 14.8. The van der Waals surface area contributed by atoms with Gasteiger partial charge in [0.1, 0.15) is 0 Å². The Morgan fingerprint density at radius 3 is 2.35 bits per heavy atom. The first kappa shape index (κ1) is 15.8. The van der Waals surface area contributed by atoms with Crippen molar-refractivity contribution in [1.29, 1.82) is 0 Å². The predicted octanol–water partition coefficient (Wildman–Crippen LogP) is 1.94. The van der Waals surface area contributed by atoms with Gasteiger partial charge in [-0.3, -0.25) is 4.79 Å². The van der Waals surface area contributed by atoms with Crippen LogP contribution in [-0.4, -0.2) is 35.6 Å². The summed E-state index contributed by atoms with van der Waals surface area (Å²) >= 11 is 0. The first-order valence-corrected chi connectivity index (χ1v) is 8.11. The molecule has 2 saturated heterocycles. The third-order valence-electron chi connectivity index (χ3n) is 4.41. The quantitative estimate of drug-likeness (QED) is 0.725. The smallest absolute Gasteiger partial charge is 0.237 e. The van der Waals surface area contributed by atoms with Crippen LogP contribution >= 0.6 is 0 Å². The third-order valence-corrected chi connectivity index (χ3v) is 4.41.